The second kappa shape index (κ2) is 9.77. The lowest BCUT2D eigenvalue weighted by Crippen LogP contribution is -2.28. The number of hydrogen-bond donors (Lipinski definition) is 1. The maximum absolute atomic E-state index is 12.9. The minimum Gasteiger partial charge on any atom is -0.478 e. The average Bonchev–Trinajstić information content (AvgIpc) is 3.35. The highest BCUT2D eigenvalue weighted by Crippen LogP contribution is 2.37. The number of likely N-dealkylation sites (N-methyl/N-ethyl adjacent to an activating group) is 1. The molecule has 1 N–H and O–H groups in total. The average molecular weight is 566 g/mol. The molecule has 1 saturated heterocycles. The van der Waals surface area contributed by atoms with Crippen molar-refractivity contribution in [2.75, 3.05) is 6.54 Å². The first-order valence-electron chi connectivity index (χ1n) is 9.65. The number of aliphatic imine (C=N–C) groups is 1. The van der Waals surface area contributed by atoms with Crippen LogP contribution in [0.4, 0.5) is 5.69 Å². The Hall–Kier alpha value is -2.52. The fourth-order valence-corrected chi connectivity index (χ4v) is 4.76. The van der Waals surface area contributed by atoms with Crippen LogP contribution in [0.15, 0.2) is 67.3 Å². The van der Waals surface area contributed by atoms with E-state index in [0.29, 0.717) is 49.4 Å². The van der Waals surface area contributed by atoms with Crippen LogP contribution in [0.5, 0.6) is 0 Å². The summed E-state index contributed by atoms with van der Waals surface area (Å²) in [6.07, 6.45) is 1.63. The van der Waals surface area contributed by atoms with Gasteiger partial charge < -0.3 is 9.52 Å². The lowest BCUT2D eigenvalue weighted by atomic mass is 10.1. The fourth-order valence-electron chi connectivity index (χ4n) is 3.09. The SMILES string of the molecule is CCN1C(=O)/C(=C/c2ccc(-c3cc(C(=O)O)ccc3Cl)o2)SC1=Nc1ccc(Br)c(Cl)c1. The Balaban J connectivity index is 1.64. The molecule has 1 fully saturated rings. The number of nitrogens with zero attached hydrogens (tertiary/aromatic N) is 2. The largest absolute Gasteiger partial charge is 0.478 e. The summed E-state index contributed by atoms with van der Waals surface area (Å²) in [6, 6.07) is 13.1. The van der Waals surface area contributed by atoms with Gasteiger partial charge in [-0.2, -0.15) is 0 Å². The Morgan fingerprint density at radius 1 is 1.18 bits per heavy atom. The molecular formula is C23H15BrCl2N2O4S. The van der Waals surface area contributed by atoms with Gasteiger partial charge in [-0.15, -0.1) is 0 Å². The van der Waals surface area contributed by atoms with Gasteiger partial charge in [0.2, 0.25) is 0 Å². The molecule has 6 nitrogen and oxygen atoms in total. The van der Waals surface area contributed by atoms with E-state index < -0.39 is 5.97 Å². The number of furan rings is 1. The van der Waals surface area contributed by atoms with Crippen molar-refractivity contribution in [3.05, 3.63) is 79.3 Å². The molecule has 3 aromatic rings. The van der Waals surface area contributed by atoms with E-state index >= 15 is 0 Å². The summed E-state index contributed by atoms with van der Waals surface area (Å²) in [4.78, 5) is 30.8. The van der Waals surface area contributed by atoms with Crippen molar-refractivity contribution in [1.29, 1.82) is 0 Å². The summed E-state index contributed by atoms with van der Waals surface area (Å²) in [6.45, 7) is 2.32. The Labute approximate surface area is 212 Å². The van der Waals surface area contributed by atoms with E-state index in [1.807, 2.05) is 6.92 Å². The number of carbonyl (C=O) groups excluding carboxylic acids is 1. The fraction of sp³-hybridized carbons (Fsp3) is 0.0870. The third-order valence-electron chi connectivity index (χ3n) is 4.71. The van der Waals surface area contributed by atoms with Gasteiger partial charge in [-0.25, -0.2) is 9.79 Å². The number of halogens is 3. The first-order chi connectivity index (χ1) is 15.8. The first-order valence-corrected chi connectivity index (χ1v) is 12.0. The summed E-state index contributed by atoms with van der Waals surface area (Å²) in [7, 11) is 0. The molecule has 0 saturated carbocycles. The standard InChI is InChI=1S/C23H15BrCl2N2O4S/c1-2-28-21(29)20(33-23(28)27-13-4-6-16(24)18(26)10-13)11-14-5-8-19(32-14)15-9-12(22(30)31)3-7-17(15)25/h3-11H,2H2,1H3,(H,30,31)/b20-11-,27-23?. The second-order valence-corrected chi connectivity index (χ2v) is 9.53. The molecule has 2 aromatic carbocycles. The third-order valence-corrected chi connectivity index (χ3v) is 7.28. The van der Waals surface area contributed by atoms with Crippen LogP contribution in [0, 0.1) is 0 Å². The molecule has 2 heterocycles. The van der Waals surface area contributed by atoms with Crippen LogP contribution < -0.4 is 0 Å². The zero-order chi connectivity index (χ0) is 23.7. The third kappa shape index (κ3) is 5.04. The molecule has 1 aliphatic rings. The Morgan fingerprint density at radius 2 is 1.97 bits per heavy atom. The number of hydrogen-bond acceptors (Lipinski definition) is 5. The van der Waals surface area contributed by atoms with Crippen LogP contribution in [0.2, 0.25) is 10.0 Å². The van der Waals surface area contributed by atoms with E-state index in [4.69, 9.17) is 27.6 Å². The van der Waals surface area contributed by atoms with Crippen molar-refractivity contribution >= 4 is 79.7 Å². The van der Waals surface area contributed by atoms with Crippen LogP contribution in [0.1, 0.15) is 23.0 Å². The lowest BCUT2D eigenvalue weighted by molar-refractivity contribution is -0.122. The van der Waals surface area contributed by atoms with E-state index in [0.717, 1.165) is 4.47 Å². The smallest absolute Gasteiger partial charge is 0.335 e. The van der Waals surface area contributed by atoms with E-state index in [-0.39, 0.29) is 11.5 Å². The number of carboxylic acid groups (broad SMARTS) is 1. The number of carbonyl (C=O) groups is 2. The second-order valence-electron chi connectivity index (χ2n) is 6.85. The molecular weight excluding hydrogens is 551 g/mol. The number of aromatic carboxylic acids is 1. The summed E-state index contributed by atoms with van der Waals surface area (Å²) >= 11 is 17.0. The van der Waals surface area contributed by atoms with E-state index in [9.17, 15) is 14.7 Å². The molecule has 33 heavy (non-hydrogen) atoms. The molecule has 168 valence electrons. The van der Waals surface area contributed by atoms with Crippen molar-refractivity contribution in [3.8, 4) is 11.3 Å². The zero-order valence-electron chi connectivity index (χ0n) is 17.0. The van der Waals surface area contributed by atoms with Crippen LogP contribution in [-0.2, 0) is 4.79 Å². The highest BCUT2D eigenvalue weighted by atomic mass is 79.9. The van der Waals surface area contributed by atoms with Crippen molar-refractivity contribution in [2.45, 2.75) is 6.92 Å². The van der Waals surface area contributed by atoms with Crippen LogP contribution in [0.25, 0.3) is 17.4 Å². The van der Waals surface area contributed by atoms with Crippen molar-refractivity contribution in [3.63, 3.8) is 0 Å². The van der Waals surface area contributed by atoms with Gasteiger partial charge >= 0.3 is 5.97 Å². The van der Waals surface area contributed by atoms with Crippen LogP contribution in [0.3, 0.4) is 0 Å². The van der Waals surface area contributed by atoms with Gasteiger partial charge in [0.15, 0.2) is 5.17 Å². The van der Waals surface area contributed by atoms with Crippen molar-refractivity contribution in [2.24, 2.45) is 4.99 Å². The summed E-state index contributed by atoms with van der Waals surface area (Å²) in [5, 5.41) is 10.7. The molecule has 1 aliphatic heterocycles. The minimum atomic E-state index is -1.06. The van der Waals surface area contributed by atoms with Gasteiger partial charge in [-0.3, -0.25) is 9.69 Å². The van der Waals surface area contributed by atoms with Gasteiger partial charge in [0.25, 0.3) is 5.91 Å². The number of amidine groups is 1. The highest BCUT2D eigenvalue weighted by Gasteiger charge is 2.32. The van der Waals surface area contributed by atoms with Crippen molar-refractivity contribution < 1.29 is 19.1 Å². The summed E-state index contributed by atoms with van der Waals surface area (Å²) in [5.74, 6) is -0.417. The monoisotopic (exact) mass is 564 g/mol. The van der Waals surface area contributed by atoms with E-state index in [1.54, 1.807) is 41.3 Å². The molecule has 0 unspecified atom stereocenters. The zero-order valence-corrected chi connectivity index (χ0v) is 20.9. The molecule has 1 amide bonds. The lowest BCUT2D eigenvalue weighted by Gasteiger charge is -2.12. The number of amides is 1. The van der Waals surface area contributed by atoms with Crippen LogP contribution in [-0.4, -0.2) is 33.6 Å². The molecule has 0 bridgehead atoms. The predicted molar refractivity (Wildman–Crippen MR) is 135 cm³/mol. The van der Waals surface area contributed by atoms with Gasteiger partial charge in [-0.1, -0.05) is 23.2 Å². The van der Waals surface area contributed by atoms with Gasteiger partial charge in [0, 0.05) is 22.7 Å². The van der Waals surface area contributed by atoms with Crippen LogP contribution >= 0.6 is 50.9 Å². The molecule has 10 heteroatoms. The molecule has 0 atom stereocenters. The number of carboxylic acids is 1. The molecule has 1 aromatic heterocycles. The summed E-state index contributed by atoms with van der Waals surface area (Å²) in [5.41, 5.74) is 1.18. The molecule has 4 rings (SSSR count). The first kappa shape index (κ1) is 23.6. The normalized spacial score (nSPS) is 16.2. The minimum absolute atomic E-state index is 0.0970. The Bertz CT molecular complexity index is 1340. The highest BCUT2D eigenvalue weighted by molar-refractivity contribution is 9.10. The predicted octanol–water partition coefficient (Wildman–Crippen LogP) is 7.34. The number of benzene rings is 2. The quantitative estimate of drug-likeness (QED) is 0.327. The number of thioether (sulfide) groups is 1. The maximum Gasteiger partial charge on any atom is 0.335 e. The van der Waals surface area contributed by atoms with E-state index in [2.05, 4.69) is 20.9 Å². The Kier molecular flexibility index (Phi) is 6.99. The molecule has 0 aliphatic carbocycles. The summed E-state index contributed by atoms with van der Waals surface area (Å²) < 4.78 is 6.61. The van der Waals surface area contributed by atoms with Crippen molar-refractivity contribution in [1.82, 2.24) is 4.90 Å². The van der Waals surface area contributed by atoms with Gasteiger partial charge in [0.1, 0.15) is 11.5 Å². The van der Waals surface area contributed by atoms with Gasteiger partial charge in [0.05, 0.1) is 26.2 Å². The Morgan fingerprint density at radius 3 is 2.67 bits per heavy atom. The molecule has 0 radical (unpaired) electrons. The number of rotatable bonds is 5. The topological polar surface area (TPSA) is 83.1 Å². The maximum atomic E-state index is 12.9. The van der Waals surface area contributed by atoms with E-state index in [1.165, 1.54) is 30.0 Å². The molecule has 0 spiro atoms. The van der Waals surface area contributed by atoms with Gasteiger partial charge in [-0.05, 0) is 83.1 Å².